The number of ether oxygens (including phenoxy) is 1. The Balaban J connectivity index is 2.37. The molecule has 66 valence electrons. The quantitative estimate of drug-likeness (QED) is 0.500. The molecule has 12 heavy (non-hydrogen) atoms. The molecule has 2 fully saturated rings. The van der Waals surface area contributed by atoms with E-state index in [0.717, 1.165) is 0 Å². The van der Waals surface area contributed by atoms with Crippen molar-refractivity contribution in [2.45, 2.75) is 38.9 Å². The van der Waals surface area contributed by atoms with Crippen LogP contribution in [0.3, 0.4) is 0 Å². The summed E-state index contributed by atoms with van der Waals surface area (Å²) in [5.74, 6) is 0.140. The molecule has 0 aromatic carbocycles. The van der Waals surface area contributed by atoms with Crippen LogP contribution in [0, 0.1) is 5.41 Å². The highest BCUT2D eigenvalue weighted by Crippen LogP contribution is 2.49. The number of hydrogen-bond acceptors (Lipinski definition) is 3. The van der Waals surface area contributed by atoms with Gasteiger partial charge in [0.2, 0.25) is 0 Å². The molecule has 2 aliphatic rings. The van der Waals surface area contributed by atoms with Crippen LogP contribution in [0.5, 0.6) is 0 Å². The number of hydrogen-bond donors (Lipinski definition) is 0. The number of epoxide rings is 1. The van der Waals surface area contributed by atoms with Crippen molar-refractivity contribution in [1.82, 2.24) is 0 Å². The third-order valence-corrected chi connectivity index (χ3v) is 2.78. The van der Waals surface area contributed by atoms with Gasteiger partial charge in [0.1, 0.15) is 0 Å². The van der Waals surface area contributed by atoms with Crippen LogP contribution in [0.1, 0.15) is 27.2 Å². The van der Waals surface area contributed by atoms with E-state index in [4.69, 9.17) is 4.74 Å². The average molecular weight is 168 g/mol. The predicted octanol–water partition coefficient (Wildman–Crippen LogP) is 0.712. The smallest absolute Gasteiger partial charge is 0.173 e. The van der Waals surface area contributed by atoms with Crippen LogP contribution in [0.25, 0.3) is 0 Å². The molecule has 2 unspecified atom stereocenters. The Morgan fingerprint density at radius 1 is 1.33 bits per heavy atom. The maximum atomic E-state index is 11.7. The van der Waals surface area contributed by atoms with Crippen LogP contribution in [-0.2, 0) is 14.3 Å². The maximum absolute atomic E-state index is 11.7. The second kappa shape index (κ2) is 1.79. The summed E-state index contributed by atoms with van der Waals surface area (Å²) in [5.41, 5.74) is -1.31. The Hall–Kier alpha value is -0.700. The minimum Gasteiger partial charge on any atom is -0.350 e. The molecule has 1 aliphatic carbocycles. The van der Waals surface area contributed by atoms with Crippen LogP contribution < -0.4 is 0 Å². The monoisotopic (exact) mass is 168 g/mol. The summed E-state index contributed by atoms with van der Waals surface area (Å²) in [6.45, 7) is 5.31. The fourth-order valence-electron chi connectivity index (χ4n) is 2.04. The SMILES string of the molecule is CC1(C)CC(=O)C2OC2(C)C1=O. The first-order valence-electron chi connectivity index (χ1n) is 4.13. The lowest BCUT2D eigenvalue weighted by Gasteiger charge is -2.27. The van der Waals surface area contributed by atoms with Gasteiger partial charge in [0.05, 0.1) is 0 Å². The van der Waals surface area contributed by atoms with Gasteiger partial charge in [-0.25, -0.2) is 0 Å². The number of rotatable bonds is 0. The second-order valence-corrected chi connectivity index (χ2v) is 4.46. The minimum absolute atomic E-state index is 0.0691. The Bertz CT molecular complexity index is 273. The minimum atomic E-state index is -0.779. The van der Waals surface area contributed by atoms with E-state index in [0.29, 0.717) is 6.42 Å². The largest absolute Gasteiger partial charge is 0.350 e. The van der Waals surface area contributed by atoms with Crippen LogP contribution in [0.2, 0.25) is 0 Å². The molecule has 0 aromatic rings. The van der Waals surface area contributed by atoms with Gasteiger partial charge in [0.25, 0.3) is 0 Å². The molecule has 1 saturated carbocycles. The van der Waals surface area contributed by atoms with Gasteiger partial charge in [-0.15, -0.1) is 0 Å². The fourth-order valence-corrected chi connectivity index (χ4v) is 2.04. The van der Waals surface area contributed by atoms with E-state index in [2.05, 4.69) is 0 Å². The van der Waals surface area contributed by atoms with E-state index in [9.17, 15) is 9.59 Å². The van der Waals surface area contributed by atoms with Crippen molar-refractivity contribution in [3.05, 3.63) is 0 Å². The van der Waals surface area contributed by atoms with Crippen LogP contribution in [-0.4, -0.2) is 23.3 Å². The van der Waals surface area contributed by atoms with Crippen molar-refractivity contribution in [1.29, 1.82) is 0 Å². The van der Waals surface area contributed by atoms with Crippen molar-refractivity contribution in [3.8, 4) is 0 Å². The molecule has 0 radical (unpaired) electrons. The predicted molar refractivity (Wildman–Crippen MR) is 41.7 cm³/mol. The van der Waals surface area contributed by atoms with E-state index < -0.39 is 17.1 Å². The summed E-state index contributed by atoms with van der Waals surface area (Å²) in [6, 6.07) is 0. The van der Waals surface area contributed by atoms with Crippen molar-refractivity contribution in [2.75, 3.05) is 0 Å². The Labute approximate surface area is 71.1 Å². The first kappa shape index (κ1) is 7.92. The summed E-state index contributed by atoms with van der Waals surface area (Å²) >= 11 is 0. The average Bonchev–Trinajstić information content (AvgIpc) is 2.60. The maximum Gasteiger partial charge on any atom is 0.173 e. The molecule has 3 heteroatoms. The van der Waals surface area contributed by atoms with E-state index in [1.165, 1.54) is 0 Å². The molecule has 0 spiro atoms. The lowest BCUT2D eigenvalue weighted by atomic mass is 9.71. The first-order valence-corrected chi connectivity index (χ1v) is 4.13. The number of Topliss-reactive ketones (excluding diaryl/α,β-unsaturated/α-hetero) is 2. The van der Waals surface area contributed by atoms with Gasteiger partial charge in [0, 0.05) is 11.8 Å². The summed E-state index contributed by atoms with van der Waals surface area (Å²) < 4.78 is 5.13. The highest BCUT2D eigenvalue weighted by Gasteiger charge is 2.68. The molecule has 0 amide bonds. The van der Waals surface area contributed by atoms with Crippen LogP contribution in [0.15, 0.2) is 0 Å². The summed E-state index contributed by atoms with van der Waals surface area (Å²) in [4.78, 5) is 23.0. The summed E-state index contributed by atoms with van der Waals surface area (Å²) in [6.07, 6.45) is -0.107. The summed E-state index contributed by atoms with van der Waals surface area (Å²) in [5, 5.41) is 0. The second-order valence-electron chi connectivity index (χ2n) is 4.46. The molecule has 1 aliphatic heterocycles. The first-order chi connectivity index (χ1) is 5.38. The molecule has 0 aromatic heterocycles. The molecule has 1 saturated heterocycles. The normalized spacial score (nSPS) is 44.1. The highest BCUT2D eigenvalue weighted by atomic mass is 16.6. The zero-order chi connectivity index (χ0) is 9.15. The van der Waals surface area contributed by atoms with Gasteiger partial charge in [0.15, 0.2) is 23.3 Å². The van der Waals surface area contributed by atoms with Gasteiger partial charge in [-0.1, -0.05) is 13.8 Å². The Morgan fingerprint density at radius 2 is 1.92 bits per heavy atom. The lowest BCUT2D eigenvalue weighted by Crippen LogP contribution is -2.45. The third-order valence-electron chi connectivity index (χ3n) is 2.78. The molecule has 0 N–H and O–H groups in total. The van der Waals surface area contributed by atoms with Crippen molar-refractivity contribution >= 4 is 11.6 Å². The van der Waals surface area contributed by atoms with Gasteiger partial charge in [-0.05, 0) is 6.92 Å². The molecule has 3 nitrogen and oxygen atoms in total. The van der Waals surface area contributed by atoms with Crippen LogP contribution >= 0.6 is 0 Å². The molecular formula is C9H12O3. The highest BCUT2D eigenvalue weighted by molar-refractivity contribution is 6.08. The lowest BCUT2D eigenvalue weighted by molar-refractivity contribution is -0.137. The number of carbonyl (C=O) groups is 2. The molecule has 0 bridgehead atoms. The molecule has 1 heterocycles. The molecule has 2 rings (SSSR count). The van der Waals surface area contributed by atoms with E-state index >= 15 is 0 Å². The summed E-state index contributed by atoms with van der Waals surface area (Å²) in [7, 11) is 0. The van der Waals surface area contributed by atoms with Crippen molar-refractivity contribution < 1.29 is 14.3 Å². The van der Waals surface area contributed by atoms with Crippen molar-refractivity contribution in [2.24, 2.45) is 5.41 Å². The topological polar surface area (TPSA) is 46.7 Å². The fraction of sp³-hybridized carbons (Fsp3) is 0.778. The Kier molecular flexibility index (Phi) is 1.18. The van der Waals surface area contributed by atoms with Crippen molar-refractivity contribution in [3.63, 3.8) is 0 Å². The molecular weight excluding hydrogens is 156 g/mol. The van der Waals surface area contributed by atoms with E-state index in [-0.39, 0.29) is 11.6 Å². The van der Waals surface area contributed by atoms with Gasteiger partial charge >= 0.3 is 0 Å². The number of carbonyl (C=O) groups excluding carboxylic acids is 2. The van der Waals surface area contributed by atoms with Crippen LogP contribution in [0.4, 0.5) is 0 Å². The standard InChI is InChI=1S/C9H12O3/c1-8(2)4-5(10)6-9(3,12-6)7(8)11/h6H,4H2,1-3H3. The van der Waals surface area contributed by atoms with E-state index in [1.807, 2.05) is 0 Å². The third kappa shape index (κ3) is 0.746. The molecule has 2 atom stereocenters. The zero-order valence-corrected chi connectivity index (χ0v) is 7.51. The Morgan fingerprint density at radius 3 is 2.50 bits per heavy atom. The number of fused-ring (bicyclic) bond motifs is 1. The van der Waals surface area contributed by atoms with E-state index in [1.54, 1.807) is 20.8 Å². The van der Waals surface area contributed by atoms with Gasteiger partial charge in [-0.3, -0.25) is 9.59 Å². The van der Waals surface area contributed by atoms with Gasteiger partial charge < -0.3 is 4.74 Å². The number of ketones is 2. The van der Waals surface area contributed by atoms with Gasteiger partial charge in [-0.2, -0.15) is 0 Å². The zero-order valence-electron chi connectivity index (χ0n) is 7.51.